The lowest BCUT2D eigenvalue weighted by atomic mass is 10.3. The van der Waals surface area contributed by atoms with E-state index in [1.54, 1.807) is 4.68 Å². The first-order chi connectivity index (χ1) is 7.63. The first-order valence-electron chi connectivity index (χ1n) is 4.95. The zero-order valence-electron chi connectivity index (χ0n) is 9.52. The van der Waals surface area contributed by atoms with Crippen molar-refractivity contribution in [2.24, 2.45) is 5.84 Å². The van der Waals surface area contributed by atoms with Gasteiger partial charge in [0.15, 0.2) is 5.82 Å². The van der Waals surface area contributed by atoms with Crippen LogP contribution >= 0.6 is 0 Å². The van der Waals surface area contributed by atoms with Gasteiger partial charge in [0.25, 0.3) is 0 Å². The maximum absolute atomic E-state index is 5.37. The van der Waals surface area contributed by atoms with Crippen LogP contribution < -0.4 is 11.3 Å². The van der Waals surface area contributed by atoms with Crippen molar-refractivity contribution in [2.45, 2.75) is 20.8 Å². The average Bonchev–Trinajstić information content (AvgIpc) is 2.58. The van der Waals surface area contributed by atoms with Crippen LogP contribution in [-0.4, -0.2) is 19.7 Å². The third-order valence-corrected chi connectivity index (χ3v) is 2.40. The Hall–Kier alpha value is -1.95. The van der Waals surface area contributed by atoms with Crippen LogP contribution in [0.1, 0.15) is 17.0 Å². The lowest BCUT2D eigenvalue weighted by Crippen LogP contribution is -2.13. The summed E-state index contributed by atoms with van der Waals surface area (Å²) < 4.78 is 1.78. The number of nitrogen functional groups attached to an aromatic ring is 1. The summed E-state index contributed by atoms with van der Waals surface area (Å²) in [5, 5.41) is 4.37. The van der Waals surface area contributed by atoms with Crippen molar-refractivity contribution in [3.05, 3.63) is 29.3 Å². The van der Waals surface area contributed by atoms with E-state index >= 15 is 0 Å². The summed E-state index contributed by atoms with van der Waals surface area (Å²) in [5.41, 5.74) is 5.40. The summed E-state index contributed by atoms with van der Waals surface area (Å²) >= 11 is 0. The Morgan fingerprint density at radius 1 is 1.25 bits per heavy atom. The summed E-state index contributed by atoms with van der Waals surface area (Å²) in [6.07, 6.45) is 1.47. The molecule has 0 radical (unpaired) electrons. The van der Waals surface area contributed by atoms with Crippen LogP contribution in [0.4, 0.5) is 5.82 Å². The number of rotatable bonds is 2. The highest BCUT2D eigenvalue weighted by atomic mass is 15.3. The molecule has 0 saturated heterocycles. The van der Waals surface area contributed by atoms with Crippen LogP contribution in [0.25, 0.3) is 5.82 Å². The van der Waals surface area contributed by atoms with Crippen LogP contribution in [0.3, 0.4) is 0 Å². The van der Waals surface area contributed by atoms with Gasteiger partial charge in [-0.2, -0.15) is 5.10 Å². The second-order valence-corrected chi connectivity index (χ2v) is 3.65. The van der Waals surface area contributed by atoms with Crippen molar-refractivity contribution in [1.82, 2.24) is 19.7 Å². The van der Waals surface area contributed by atoms with E-state index in [1.807, 2.05) is 26.8 Å². The molecule has 2 rings (SSSR count). The summed E-state index contributed by atoms with van der Waals surface area (Å²) in [5.74, 6) is 6.72. The summed E-state index contributed by atoms with van der Waals surface area (Å²) in [4.78, 5) is 8.26. The average molecular weight is 218 g/mol. The van der Waals surface area contributed by atoms with E-state index in [-0.39, 0.29) is 0 Å². The quantitative estimate of drug-likeness (QED) is 0.577. The van der Waals surface area contributed by atoms with Gasteiger partial charge in [-0.05, 0) is 26.8 Å². The number of nitrogens with one attached hydrogen (secondary N) is 1. The van der Waals surface area contributed by atoms with Crippen molar-refractivity contribution >= 4 is 5.82 Å². The fourth-order valence-electron chi connectivity index (χ4n) is 1.64. The van der Waals surface area contributed by atoms with Crippen LogP contribution in [0.5, 0.6) is 0 Å². The molecule has 2 aromatic heterocycles. The standard InChI is InChI=1S/C10H14N6/c1-6-4-7(2)16(15-6)10-8(3)9(14-11)12-5-13-10/h4-5H,11H2,1-3H3,(H,12,13,14). The normalized spacial score (nSPS) is 10.5. The van der Waals surface area contributed by atoms with Crippen molar-refractivity contribution < 1.29 is 0 Å². The van der Waals surface area contributed by atoms with Gasteiger partial charge < -0.3 is 5.43 Å². The Morgan fingerprint density at radius 2 is 2.00 bits per heavy atom. The first kappa shape index (κ1) is 10.6. The predicted octanol–water partition coefficient (Wildman–Crippen LogP) is 0.873. The largest absolute Gasteiger partial charge is 0.308 e. The van der Waals surface area contributed by atoms with E-state index in [0.29, 0.717) is 5.82 Å². The molecule has 6 heteroatoms. The van der Waals surface area contributed by atoms with Gasteiger partial charge >= 0.3 is 0 Å². The lowest BCUT2D eigenvalue weighted by Gasteiger charge is -2.09. The van der Waals surface area contributed by atoms with Crippen molar-refractivity contribution in [2.75, 3.05) is 5.43 Å². The van der Waals surface area contributed by atoms with Crippen LogP contribution in [0.2, 0.25) is 0 Å². The van der Waals surface area contributed by atoms with Gasteiger partial charge in [-0.15, -0.1) is 0 Å². The number of hydrogen-bond acceptors (Lipinski definition) is 5. The van der Waals surface area contributed by atoms with Gasteiger partial charge in [-0.25, -0.2) is 20.5 Å². The zero-order chi connectivity index (χ0) is 11.7. The fraction of sp³-hybridized carbons (Fsp3) is 0.300. The zero-order valence-corrected chi connectivity index (χ0v) is 9.52. The maximum atomic E-state index is 5.37. The smallest absolute Gasteiger partial charge is 0.162 e. The number of aromatic nitrogens is 4. The Labute approximate surface area is 93.5 Å². The molecule has 0 aliphatic rings. The van der Waals surface area contributed by atoms with Crippen molar-refractivity contribution in [3.63, 3.8) is 0 Å². The molecular formula is C10H14N6. The first-order valence-corrected chi connectivity index (χ1v) is 4.95. The molecule has 0 fully saturated rings. The molecule has 84 valence electrons. The number of hydrazine groups is 1. The number of nitrogens with zero attached hydrogens (tertiary/aromatic N) is 4. The molecule has 2 heterocycles. The molecule has 6 nitrogen and oxygen atoms in total. The SMILES string of the molecule is Cc1cc(C)n(-c2ncnc(NN)c2C)n1. The summed E-state index contributed by atoms with van der Waals surface area (Å²) in [7, 11) is 0. The van der Waals surface area contributed by atoms with Crippen molar-refractivity contribution in [1.29, 1.82) is 0 Å². The Kier molecular flexibility index (Phi) is 2.57. The highest BCUT2D eigenvalue weighted by Crippen LogP contribution is 2.17. The molecule has 0 aliphatic heterocycles. The molecule has 0 spiro atoms. The number of aryl methyl sites for hydroxylation is 2. The second-order valence-electron chi connectivity index (χ2n) is 3.65. The highest BCUT2D eigenvalue weighted by Gasteiger charge is 2.11. The Bertz CT molecular complexity index is 516. The monoisotopic (exact) mass is 218 g/mol. The molecule has 0 saturated carbocycles. The molecular weight excluding hydrogens is 204 g/mol. The lowest BCUT2D eigenvalue weighted by molar-refractivity contribution is 0.793. The van der Waals surface area contributed by atoms with E-state index < -0.39 is 0 Å². The topological polar surface area (TPSA) is 81.7 Å². The van der Waals surface area contributed by atoms with Crippen LogP contribution in [-0.2, 0) is 0 Å². The molecule has 2 aromatic rings. The van der Waals surface area contributed by atoms with E-state index in [0.717, 1.165) is 22.8 Å². The van der Waals surface area contributed by atoms with E-state index in [2.05, 4.69) is 20.5 Å². The van der Waals surface area contributed by atoms with E-state index in [1.165, 1.54) is 6.33 Å². The van der Waals surface area contributed by atoms with Crippen LogP contribution in [0, 0.1) is 20.8 Å². The molecule has 0 bridgehead atoms. The van der Waals surface area contributed by atoms with Crippen LogP contribution in [0.15, 0.2) is 12.4 Å². The molecule has 0 atom stereocenters. The predicted molar refractivity (Wildman–Crippen MR) is 61.2 cm³/mol. The summed E-state index contributed by atoms with van der Waals surface area (Å²) in [6, 6.07) is 2.00. The molecule has 0 unspecified atom stereocenters. The van der Waals surface area contributed by atoms with Gasteiger partial charge in [0.05, 0.1) is 5.69 Å². The maximum Gasteiger partial charge on any atom is 0.162 e. The molecule has 16 heavy (non-hydrogen) atoms. The number of anilines is 1. The van der Waals surface area contributed by atoms with Gasteiger partial charge in [0.1, 0.15) is 12.1 Å². The molecule has 0 amide bonds. The fourth-order valence-corrected chi connectivity index (χ4v) is 1.64. The van der Waals surface area contributed by atoms with E-state index in [9.17, 15) is 0 Å². The number of nitrogens with two attached hydrogens (primary N) is 1. The van der Waals surface area contributed by atoms with Gasteiger partial charge in [0.2, 0.25) is 0 Å². The van der Waals surface area contributed by atoms with Gasteiger partial charge in [-0.1, -0.05) is 0 Å². The minimum absolute atomic E-state index is 0.609. The van der Waals surface area contributed by atoms with Gasteiger partial charge in [-0.3, -0.25) is 0 Å². The van der Waals surface area contributed by atoms with Gasteiger partial charge in [0, 0.05) is 11.3 Å². The highest BCUT2D eigenvalue weighted by molar-refractivity contribution is 5.50. The molecule has 0 aromatic carbocycles. The third kappa shape index (κ3) is 1.63. The Balaban J connectivity index is 2.60. The van der Waals surface area contributed by atoms with E-state index in [4.69, 9.17) is 5.84 Å². The molecule has 3 N–H and O–H groups in total. The minimum Gasteiger partial charge on any atom is -0.308 e. The second kappa shape index (κ2) is 3.90. The molecule has 0 aliphatic carbocycles. The minimum atomic E-state index is 0.609. The number of hydrogen-bond donors (Lipinski definition) is 2. The Morgan fingerprint density at radius 3 is 2.56 bits per heavy atom. The summed E-state index contributed by atoms with van der Waals surface area (Å²) in [6.45, 7) is 5.83. The van der Waals surface area contributed by atoms with Crippen molar-refractivity contribution in [3.8, 4) is 5.82 Å². The third-order valence-electron chi connectivity index (χ3n) is 2.40.